The van der Waals surface area contributed by atoms with Crippen molar-refractivity contribution < 1.29 is 4.42 Å². The lowest BCUT2D eigenvalue weighted by molar-refractivity contribution is 0.138. The number of rotatable bonds is 10. The lowest BCUT2D eigenvalue weighted by atomic mass is 10.2. The Morgan fingerprint density at radius 2 is 1.84 bits per heavy atom. The first-order chi connectivity index (χ1) is 15.7. The first kappa shape index (κ1) is 22.1. The molecule has 10 nitrogen and oxygen atoms in total. The fourth-order valence-corrected chi connectivity index (χ4v) is 3.49. The number of pyridine rings is 1. The highest BCUT2D eigenvalue weighted by molar-refractivity contribution is 5.69. The molecule has 0 bridgehead atoms. The van der Waals surface area contributed by atoms with E-state index in [1.54, 1.807) is 18.6 Å². The van der Waals surface area contributed by atoms with Gasteiger partial charge in [0.05, 0.1) is 12.1 Å². The van der Waals surface area contributed by atoms with Crippen LogP contribution in [0.2, 0.25) is 0 Å². The lowest BCUT2D eigenvalue weighted by Gasteiger charge is -2.31. The van der Waals surface area contributed by atoms with E-state index in [0.717, 1.165) is 57.7 Å². The Morgan fingerprint density at radius 3 is 2.62 bits per heavy atom. The number of hydrogen-bond acceptors (Lipinski definition) is 10. The van der Waals surface area contributed by atoms with Crippen molar-refractivity contribution in [3.8, 4) is 11.5 Å². The highest BCUT2D eigenvalue weighted by Gasteiger charge is 2.19. The highest BCUT2D eigenvalue weighted by atomic mass is 16.4. The molecule has 4 heterocycles. The van der Waals surface area contributed by atoms with Crippen LogP contribution in [0.5, 0.6) is 0 Å². The second kappa shape index (κ2) is 11.0. The van der Waals surface area contributed by atoms with Crippen LogP contribution in [0, 0.1) is 0 Å². The predicted octanol–water partition coefficient (Wildman–Crippen LogP) is 2.15. The lowest BCUT2D eigenvalue weighted by Crippen LogP contribution is -2.43. The summed E-state index contributed by atoms with van der Waals surface area (Å²) < 4.78 is 5.97. The van der Waals surface area contributed by atoms with Crippen LogP contribution in [0.15, 0.2) is 35.1 Å². The molecule has 10 heteroatoms. The Balaban J connectivity index is 1.42. The van der Waals surface area contributed by atoms with E-state index in [9.17, 15) is 0 Å². The Hall–Kier alpha value is -3.11. The van der Waals surface area contributed by atoms with E-state index in [4.69, 9.17) is 4.42 Å². The molecule has 1 aliphatic heterocycles. The first-order valence-electron chi connectivity index (χ1n) is 11.2. The summed E-state index contributed by atoms with van der Waals surface area (Å²) in [5, 5.41) is 15.2. The predicted molar refractivity (Wildman–Crippen MR) is 123 cm³/mol. The van der Waals surface area contributed by atoms with Gasteiger partial charge in [0.1, 0.15) is 5.82 Å². The van der Waals surface area contributed by atoms with Crippen LogP contribution in [0.25, 0.3) is 11.5 Å². The van der Waals surface area contributed by atoms with Gasteiger partial charge in [-0.25, -0.2) is 4.98 Å². The Labute approximate surface area is 188 Å². The molecular weight excluding hydrogens is 406 g/mol. The van der Waals surface area contributed by atoms with Crippen molar-refractivity contribution in [1.29, 1.82) is 0 Å². The molecule has 3 aromatic rings. The van der Waals surface area contributed by atoms with Crippen molar-refractivity contribution >= 4 is 11.8 Å². The number of nitrogens with zero attached hydrogens (tertiary/aromatic N) is 7. The van der Waals surface area contributed by atoms with Gasteiger partial charge in [-0.05, 0) is 37.6 Å². The van der Waals surface area contributed by atoms with Gasteiger partial charge >= 0.3 is 0 Å². The fourth-order valence-electron chi connectivity index (χ4n) is 3.49. The summed E-state index contributed by atoms with van der Waals surface area (Å²) in [5.41, 5.74) is 1.93. The molecule has 1 fully saturated rings. The van der Waals surface area contributed by atoms with Crippen LogP contribution in [0.4, 0.5) is 11.8 Å². The third-order valence-electron chi connectivity index (χ3n) is 5.43. The van der Waals surface area contributed by atoms with E-state index in [2.05, 4.69) is 59.6 Å². The molecule has 1 aliphatic rings. The van der Waals surface area contributed by atoms with E-state index in [1.165, 1.54) is 5.56 Å². The molecule has 0 aromatic carbocycles. The maximum absolute atomic E-state index is 5.97. The average molecular weight is 438 g/mol. The average Bonchev–Trinajstić information content (AvgIpc) is 3.28. The summed E-state index contributed by atoms with van der Waals surface area (Å²) in [7, 11) is 2.14. The van der Waals surface area contributed by atoms with Gasteiger partial charge in [0, 0.05) is 57.9 Å². The van der Waals surface area contributed by atoms with Crippen molar-refractivity contribution in [1.82, 2.24) is 34.9 Å². The maximum Gasteiger partial charge on any atom is 0.253 e. The zero-order chi connectivity index (χ0) is 22.2. The standard InChI is InChI=1S/C22H31N9O/c1-3-7-24-20-18(15-26-22(27-20)25-10-6-17-4-8-23-9-5-17)21-29-28-19(32-21)16-31-13-11-30(2)12-14-31/h4-5,8-9,15H,3,6-7,10-14,16H2,1-2H3,(H2,24,25,26,27). The Bertz CT molecular complexity index is 971. The molecule has 0 amide bonds. The van der Waals surface area contributed by atoms with Crippen LogP contribution in [-0.4, -0.2) is 81.3 Å². The van der Waals surface area contributed by atoms with E-state index < -0.39 is 0 Å². The minimum Gasteiger partial charge on any atom is -0.419 e. The molecule has 0 unspecified atom stereocenters. The maximum atomic E-state index is 5.97. The van der Waals surface area contributed by atoms with Crippen molar-refractivity contribution in [2.45, 2.75) is 26.3 Å². The van der Waals surface area contributed by atoms with Gasteiger partial charge < -0.3 is 20.0 Å². The van der Waals surface area contributed by atoms with Crippen LogP contribution in [0.3, 0.4) is 0 Å². The normalized spacial score (nSPS) is 15.1. The number of hydrogen-bond donors (Lipinski definition) is 2. The minimum absolute atomic E-state index is 0.441. The smallest absolute Gasteiger partial charge is 0.253 e. The van der Waals surface area contributed by atoms with Gasteiger partial charge in [0.25, 0.3) is 5.89 Å². The van der Waals surface area contributed by atoms with E-state index >= 15 is 0 Å². The monoisotopic (exact) mass is 437 g/mol. The highest BCUT2D eigenvalue weighted by Crippen LogP contribution is 2.26. The summed E-state index contributed by atoms with van der Waals surface area (Å²) in [6.45, 7) is 8.40. The number of nitrogens with one attached hydrogen (secondary N) is 2. The second-order valence-electron chi connectivity index (χ2n) is 8.00. The van der Waals surface area contributed by atoms with Gasteiger partial charge in [0.2, 0.25) is 11.8 Å². The van der Waals surface area contributed by atoms with E-state index in [1.807, 2.05) is 12.1 Å². The van der Waals surface area contributed by atoms with Gasteiger partial charge in [-0.1, -0.05) is 6.92 Å². The zero-order valence-electron chi connectivity index (χ0n) is 18.8. The SMILES string of the molecule is CCCNc1nc(NCCc2ccncc2)ncc1-c1nnc(CN2CCN(C)CC2)o1. The van der Waals surface area contributed by atoms with Crippen molar-refractivity contribution in [2.24, 2.45) is 0 Å². The summed E-state index contributed by atoms with van der Waals surface area (Å²) >= 11 is 0. The number of anilines is 2. The molecule has 0 atom stereocenters. The molecule has 170 valence electrons. The summed E-state index contributed by atoms with van der Waals surface area (Å²) in [6, 6.07) is 4.02. The molecule has 0 aliphatic carbocycles. The minimum atomic E-state index is 0.441. The summed E-state index contributed by atoms with van der Waals surface area (Å²) in [4.78, 5) is 17.8. The van der Waals surface area contributed by atoms with E-state index in [0.29, 0.717) is 30.1 Å². The first-order valence-corrected chi connectivity index (χ1v) is 11.2. The van der Waals surface area contributed by atoms with E-state index in [-0.39, 0.29) is 0 Å². The van der Waals surface area contributed by atoms with Gasteiger partial charge in [-0.15, -0.1) is 10.2 Å². The molecule has 4 rings (SSSR count). The van der Waals surface area contributed by atoms with Crippen molar-refractivity contribution in [2.75, 3.05) is 56.9 Å². The van der Waals surface area contributed by atoms with Gasteiger partial charge in [-0.2, -0.15) is 4.98 Å². The number of aromatic nitrogens is 5. The molecular formula is C22H31N9O. The molecule has 0 spiro atoms. The molecule has 0 radical (unpaired) electrons. The van der Waals surface area contributed by atoms with Crippen LogP contribution < -0.4 is 10.6 Å². The fraction of sp³-hybridized carbons (Fsp3) is 0.500. The topological polar surface area (TPSA) is 108 Å². The third-order valence-corrected chi connectivity index (χ3v) is 5.43. The number of likely N-dealkylation sites (N-methyl/N-ethyl adjacent to an activating group) is 1. The third kappa shape index (κ3) is 5.98. The molecule has 2 N–H and O–H groups in total. The molecule has 1 saturated heterocycles. The quantitative estimate of drug-likeness (QED) is 0.490. The second-order valence-corrected chi connectivity index (χ2v) is 8.00. The summed E-state index contributed by atoms with van der Waals surface area (Å²) in [6.07, 6.45) is 7.19. The Kier molecular flexibility index (Phi) is 7.57. The van der Waals surface area contributed by atoms with Crippen LogP contribution in [-0.2, 0) is 13.0 Å². The van der Waals surface area contributed by atoms with Crippen LogP contribution in [0.1, 0.15) is 24.8 Å². The summed E-state index contributed by atoms with van der Waals surface area (Å²) in [5.74, 6) is 2.32. The van der Waals surface area contributed by atoms with Gasteiger partial charge in [-0.3, -0.25) is 9.88 Å². The zero-order valence-corrected chi connectivity index (χ0v) is 18.8. The molecule has 0 saturated carbocycles. The number of piperazine rings is 1. The molecule has 32 heavy (non-hydrogen) atoms. The van der Waals surface area contributed by atoms with Crippen molar-refractivity contribution in [3.05, 3.63) is 42.2 Å². The molecule has 3 aromatic heterocycles. The van der Waals surface area contributed by atoms with Gasteiger partial charge in [0.15, 0.2) is 0 Å². The van der Waals surface area contributed by atoms with Crippen molar-refractivity contribution in [3.63, 3.8) is 0 Å². The van der Waals surface area contributed by atoms with Crippen LogP contribution >= 0.6 is 0 Å². The Morgan fingerprint density at radius 1 is 1.03 bits per heavy atom. The largest absolute Gasteiger partial charge is 0.419 e.